The van der Waals surface area contributed by atoms with Crippen molar-refractivity contribution in [2.24, 2.45) is 11.5 Å². The highest BCUT2D eigenvalue weighted by Gasteiger charge is 2.44. The Balaban J connectivity index is 1.09. The molecule has 1 spiro atoms. The molecule has 0 radical (unpaired) electrons. The lowest BCUT2D eigenvalue weighted by atomic mass is 9.88. The van der Waals surface area contributed by atoms with Gasteiger partial charge in [-0.2, -0.15) is 4.31 Å². The summed E-state index contributed by atoms with van der Waals surface area (Å²) in [7, 11) is -7.57. The predicted molar refractivity (Wildman–Crippen MR) is 172 cm³/mol. The van der Waals surface area contributed by atoms with Gasteiger partial charge in [0, 0.05) is 32.2 Å². The number of rotatable bonds is 13. The minimum absolute atomic E-state index is 0.0255. The van der Waals surface area contributed by atoms with Gasteiger partial charge in [0.25, 0.3) is 0 Å². The van der Waals surface area contributed by atoms with Crippen LogP contribution in [0.3, 0.4) is 0 Å². The number of sulfone groups is 1. The second-order valence-corrected chi connectivity index (χ2v) is 15.7. The van der Waals surface area contributed by atoms with Gasteiger partial charge in [0.15, 0.2) is 9.84 Å². The van der Waals surface area contributed by atoms with Crippen LogP contribution < -0.4 is 21.5 Å². The molecule has 2 heterocycles. The zero-order valence-corrected chi connectivity index (χ0v) is 27.0. The first-order valence-corrected chi connectivity index (χ1v) is 18.2. The fourth-order valence-corrected chi connectivity index (χ4v) is 8.47. The Morgan fingerprint density at radius 1 is 1.00 bits per heavy atom. The van der Waals surface area contributed by atoms with Crippen LogP contribution in [0.5, 0.6) is 5.75 Å². The number of nitrogens with two attached hydrogens (primary N) is 2. The number of carbonyl (C=O) groups is 1. The molecular weight excluding hydrogens is 633 g/mol. The molecular formula is C32H40N4O8S2. The normalized spacial score (nSPS) is 19.2. The number of nitrogens with zero attached hydrogens (tertiary/aromatic N) is 1. The number of aliphatic hydroxyl groups excluding tert-OH is 1. The van der Waals surface area contributed by atoms with Crippen LogP contribution >= 0.6 is 0 Å². The number of hydrogen-bond donors (Lipinski definition) is 4. The summed E-state index contributed by atoms with van der Waals surface area (Å²) >= 11 is 0. The molecule has 2 aliphatic rings. The Morgan fingerprint density at radius 3 is 2.39 bits per heavy atom. The van der Waals surface area contributed by atoms with Crippen molar-refractivity contribution in [3.63, 3.8) is 0 Å². The maximum Gasteiger partial charge on any atom is 0.243 e. The first kappa shape index (κ1) is 34.0. The fraction of sp³-hybridized carbons (Fsp3) is 0.406. The lowest BCUT2D eigenvalue weighted by Gasteiger charge is -2.38. The second kappa shape index (κ2) is 14.2. The maximum atomic E-state index is 13.6. The van der Waals surface area contributed by atoms with Gasteiger partial charge in [0.05, 0.1) is 22.0 Å². The van der Waals surface area contributed by atoms with Crippen LogP contribution in [0.4, 0.5) is 0 Å². The van der Waals surface area contributed by atoms with Gasteiger partial charge in [0.2, 0.25) is 15.9 Å². The molecule has 12 nitrogen and oxygen atoms in total. The Bertz CT molecular complexity index is 1740. The van der Waals surface area contributed by atoms with Gasteiger partial charge < -0.3 is 31.4 Å². The molecule has 3 aromatic carbocycles. The highest BCUT2D eigenvalue weighted by Crippen LogP contribution is 2.37. The largest absolute Gasteiger partial charge is 0.491 e. The number of carbonyl (C=O) groups excluding carboxylic acids is 1. The van der Waals surface area contributed by atoms with E-state index >= 15 is 0 Å². The van der Waals surface area contributed by atoms with Crippen molar-refractivity contribution in [1.29, 1.82) is 0 Å². The zero-order valence-electron chi connectivity index (χ0n) is 25.4. The van der Waals surface area contributed by atoms with Crippen molar-refractivity contribution in [1.82, 2.24) is 9.62 Å². The number of hydrogen-bond acceptors (Lipinski definition) is 10. The molecule has 2 unspecified atom stereocenters. The van der Waals surface area contributed by atoms with Crippen LogP contribution in [-0.2, 0) is 35.9 Å². The predicted octanol–water partition coefficient (Wildman–Crippen LogP) is 1.41. The Kier molecular flexibility index (Phi) is 10.5. The lowest BCUT2D eigenvalue weighted by Crippen LogP contribution is -2.47. The van der Waals surface area contributed by atoms with E-state index in [4.69, 9.17) is 20.9 Å². The summed E-state index contributed by atoms with van der Waals surface area (Å²) in [5, 5.41) is 13.8. The van der Waals surface area contributed by atoms with E-state index < -0.39 is 43.2 Å². The van der Waals surface area contributed by atoms with Crippen LogP contribution in [0, 0.1) is 0 Å². The van der Waals surface area contributed by atoms with Gasteiger partial charge in [-0.15, -0.1) is 0 Å². The van der Waals surface area contributed by atoms with Crippen molar-refractivity contribution < 1.29 is 36.2 Å². The number of sulfonamides is 1. The van der Waals surface area contributed by atoms with Crippen LogP contribution in [-0.4, -0.2) is 88.5 Å². The number of primary amides is 1. The molecule has 0 saturated carbocycles. The molecule has 0 bridgehead atoms. The third kappa shape index (κ3) is 8.12. The molecule has 0 aliphatic carbocycles. The number of nitrogens with one attached hydrogen (secondary N) is 1. The topological polar surface area (TPSA) is 191 Å². The van der Waals surface area contributed by atoms with Crippen molar-refractivity contribution in [3.8, 4) is 16.9 Å². The third-order valence-corrected chi connectivity index (χ3v) is 12.0. The Labute approximate surface area is 269 Å². The number of benzene rings is 3. The van der Waals surface area contributed by atoms with Crippen LogP contribution in [0.1, 0.15) is 24.8 Å². The summed E-state index contributed by atoms with van der Waals surface area (Å²) in [6.07, 6.45) is 0.919. The maximum absolute atomic E-state index is 13.6. The van der Waals surface area contributed by atoms with Gasteiger partial charge in [-0.1, -0.05) is 42.5 Å². The molecule has 6 N–H and O–H groups in total. The lowest BCUT2D eigenvalue weighted by molar-refractivity contribution is -0.115. The fourth-order valence-electron chi connectivity index (χ4n) is 5.86. The minimum atomic E-state index is -3.88. The van der Waals surface area contributed by atoms with E-state index in [0.29, 0.717) is 45.5 Å². The Morgan fingerprint density at radius 2 is 1.70 bits per heavy atom. The van der Waals surface area contributed by atoms with Crippen molar-refractivity contribution in [2.75, 3.05) is 38.6 Å². The highest BCUT2D eigenvalue weighted by molar-refractivity contribution is 7.92. The SMILES string of the molecule is NCc1ccc(-c2cccc(S(=O)(=O)N3CCC4(CC3)CC(NCC(O)COc3cccc(S(=O)(=O)CC(N)=O)c3)CO4)c2)cc1. The van der Waals surface area contributed by atoms with E-state index in [2.05, 4.69) is 5.32 Å². The molecule has 1 amide bonds. The molecule has 2 atom stereocenters. The van der Waals surface area contributed by atoms with E-state index in [1.165, 1.54) is 22.5 Å². The quantitative estimate of drug-likeness (QED) is 0.207. The van der Waals surface area contributed by atoms with Crippen LogP contribution in [0.15, 0.2) is 82.6 Å². The molecule has 2 fully saturated rings. The average Bonchev–Trinajstić information content (AvgIpc) is 3.44. The standard InChI is InChI=1S/C32H40N4O8S2/c33-18-23-7-9-24(10-8-23)25-3-1-6-30(15-25)46(41,42)36-13-11-32(12-14-36)17-26(20-44-32)35-19-27(37)21-43-28-4-2-5-29(16-28)45(39,40)22-31(34)38/h1-10,15-16,26-27,35,37H,11-14,17-22,33H2,(H2,34,38). The average molecular weight is 673 g/mol. The van der Waals surface area contributed by atoms with Crippen molar-refractivity contribution in [2.45, 2.75) is 53.3 Å². The highest BCUT2D eigenvalue weighted by atomic mass is 32.2. The second-order valence-electron chi connectivity index (χ2n) is 11.8. The van der Waals surface area contributed by atoms with E-state index in [1.54, 1.807) is 24.3 Å². The van der Waals surface area contributed by atoms with E-state index in [0.717, 1.165) is 16.7 Å². The first-order chi connectivity index (χ1) is 21.9. The summed E-state index contributed by atoms with van der Waals surface area (Å²) in [5.41, 5.74) is 13.0. The van der Waals surface area contributed by atoms with Gasteiger partial charge in [0.1, 0.15) is 24.2 Å². The summed E-state index contributed by atoms with van der Waals surface area (Å²) in [6.45, 7) is 1.70. The molecule has 14 heteroatoms. The Hall–Kier alpha value is -3.37. The van der Waals surface area contributed by atoms with E-state index in [-0.39, 0.29) is 34.7 Å². The summed E-state index contributed by atoms with van der Waals surface area (Å²) in [6, 6.07) is 20.4. The molecule has 5 rings (SSSR count). The van der Waals surface area contributed by atoms with Gasteiger partial charge in [-0.25, -0.2) is 16.8 Å². The number of aliphatic hydroxyl groups is 1. The third-order valence-electron chi connectivity index (χ3n) is 8.42. The van der Waals surface area contributed by atoms with Crippen molar-refractivity contribution in [3.05, 3.63) is 78.4 Å². The molecule has 2 saturated heterocycles. The smallest absolute Gasteiger partial charge is 0.243 e. The van der Waals surface area contributed by atoms with Gasteiger partial charge >= 0.3 is 0 Å². The van der Waals surface area contributed by atoms with Crippen molar-refractivity contribution >= 4 is 25.8 Å². The molecule has 3 aromatic rings. The van der Waals surface area contributed by atoms with Gasteiger partial charge in [-0.3, -0.25) is 4.79 Å². The monoisotopic (exact) mass is 672 g/mol. The summed E-state index contributed by atoms with van der Waals surface area (Å²) < 4.78 is 64.9. The minimum Gasteiger partial charge on any atom is -0.491 e. The molecule has 46 heavy (non-hydrogen) atoms. The molecule has 2 aliphatic heterocycles. The summed E-state index contributed by atoms with van der Waals surface area (Å²) in [4.78, 5) is 11.2. The van der Waals surface area contributed by atoms with E-state index in [1.807, 2.05) is 30.3 Å². The summed E-state index contributed by atoms with van der Waals surface area (Å²) in [5.74, 6) is -1.52. The van der Waals surface area contributed by atoms with E-state index in [9.17, 15) is 26.7 Å². The number of amides is 1. The molecule has 248 valence electrons. The molecule has 0 aromatic heterocycles. The van der Waals surface area contributed by atoms with Gasteiger partial charge in [-0.05, 0) is 66.3 Å². The number of ether oxygens (including phenoxy) is 2. The van der Waals surface area contributed by atoms with Crippen LogP contribution in [0.25, 0.3) is 11.1 Å². The number of piperidine rings is 1. The first-order valence-electron chi connectivity index (χ1n) is 15.1. The van der Waals surface area contributed by atoms with Crippen LogP contribution in [0.2, 0.25) is 0 Å². The zero-order chi connectivity index (χ0) is 33.0.